The van der Waals surface area contributed by atoms with E-state index in [1.807, 2.05) is 13.8 Å². The minimum atomic E-state index is -1.54. The largest absolute Gasteiger partial charge is 0.496 e. The third-order valence-corrected chi connectivity index (χ3v) is 23.3. The summed E-state index contributed by atoms with van der Waals surface area (Å²) in [4.78, 5) is 216. The van der Waals surface area contributed by atoms with Gasteiger partial charge in [0.15, 0.2) is 24.0 Å². The number of rotatable bonds is 47. The van der Waals surface area contributed by atoms with E-state index in [1.54, 1.807) is 134 Å². The first-order valence-electron chi connectivity index (χ1n) is 43.5. The number of hydrogen-bond acceptors (Lipinski definition) is 24. The van der Waals surface area contributed by atoms with Crippen molar-refractivity contribution in [3.05, 3.63) is 165 Å². The molecule has 0 saturated heterocycles. The van der Waals surface area contributed by atoms with Crippen LogP contribution in [0.1, 0.15) is 187 Å². The van der Waals surface area contributed by atoms with Crippen molar-refractivity contribution in [3.63, 3.8) is 0 Å². The van der Waals surface area contributed by atoms with E-state index in [-0.39, 0.29) is 206 Å². The highest BCUT2D eigenvalue weighted by Gasteiger charge is 2.47. The van der Waals surface area contributed by atoms with Crippen LogP contribution in [0.3, 0.4) is 0 Å². The van der Waals surface area contributed by atoms with Crippen molar-refractivity contribution in [1.29, 1.82) is 0 Å². The first kappa shape index (κ1) is 97.8. The van der Waals surface area contributed by atoms with Crippen molar-refractivity contribution in [2.75, 3.05) is 76.1 Å². The molecule has 4 aromatic rings. The SMILES string of the molecule is COc1cc2c(cc1CCCCCCOc1cc3c(cc1C)C(=O)N1C=C(C)C[C@H]1[C@H](O)N3C(=O)OCc1ccc(CC(=O)[C@H](C)NC(=O)[C@@H](CC(=O)CCOCCNC(=O)CCN3C(=O)C=CC3=O)C(C)C)cc1)N(C(=O)OCc1ccc(CC(=O)[C@H](C)NC(=O)[C@@H](CC(=O)CCOCCNC(=O)CCN3C(=O)C=CC3=O)C(C)C)cc1)[C@@H](O)[C@@H]1CC(C)=CN1C2=O. The maximum Gasteiger partial charge on any atom is 0.416 e. The van der Waals surface area contributed by atoms with Crippen LogP contribution in [0.15, 0.2) is 121 Å². The number of Topliss-reactive ketones (excluding diaryl/α,β-unsaturated/α-hetero) is 4. The Morgan fingerprint density at radius 2 is 0.883 bits per heavy atom. The zero-order chi connectivity index (χ0) is 92.7. The topological polar surface area (TPSA) is 437 Å². The van der Waals surface area contributed by atoms with E-state index in [1.165, 1.54) is 16.9 Å². The van der Waals surface area contributed by atoms with Gasteiger partial charge in [-0.2, -0.15) is 0 Å². The van der Waals surface area contributed by atoms with Gasteiger partial charge in [0, 0.05) is 132 Å². The number of anilines is 2. The predicted octanol–water partition coefficient (Wildman–Crippen LogP) is 7.74. The van der Waals surface area contributed by atoms with Crippen LogP contribution in [0.25, 0.3) is 0 Å². The first-order valence-corrected chi connectivity index (χ1v) is 43.5. The average Bonchev–Trinajstić information content (AvgIpc) is 1.60. The Morgan fingerprint density at radius 3 is 1.30 bits per heavy atom. The van der Waals surface area contributed by atoms with Crippen LogP contribution in [0.4, 0.5) is 21.0 Å². The third kappa shape index (κ3) is 25.9. The highest BCUT2D eigenvalue weighted by Crippen LogP contribution is 2.42. The Labute approximate surface area is 743 Å². The molecule has 34 heteroatoms. The molecule has 10 rings (SSSR count). The number of amides is 12. The molecule has 686 valence electrons. The van der Waals surface area contributed by atoms with E-state index in [0.29, 0.717) is 77.0 Å². The molecule has 0 saturated carbocycles. The lowest BCUT2D eigenvalue weighted by Crippen LogP contribution is -2.50. The molecule has 4 aromatic carbocycles. The molecule has 0 aliphatic carbocycles. The smallest absolute Gasteiger partial charge is 0.416 e. The third-order valence-electron chi connectivity index (χ3n) is 23.3. The van der Waals surface area contributed by atoms with Gasteiger partial charge < -0.3 is 69.7 Å². The number of aliphatic hydroxyl groups excluding tert-OH is 2. The number of carbonyl (C=O) groups excluding carboxylic acids is 16. The Kier molecular flexibility index (Phi) is 35.0. The summed E-state index contributed by atoms with van der Waals surface area (Å²) in [5.74, 6) is -6.65. The fourth-order valence-electron chi connectivity index (χ4n) is 15.8. The average molecular weight is 1770 g/mol. The number of nitrogens with one attached hydrogen (secondary N) is 4. The molecule has 0 unspecified atom stereocenters. The molecule has 6 aliphatic rings. The molecular formula is C94H116N10O24. The first-order chi connectivity index (χ1) is 61.1. The second kappa shape index (κ2) is 45.8. The highest BCUT2D eigenvalue weighted by atomic mass is 16.6. The lowest BCUT2D eigenvalue weighted by atomic mass is 9.88. The van der Waals surface area contributed by atoms with E-state index < -0.39 is 108 Å². The summed E-state index contributed by atoms with van der Waals surface area (Å²) in [5.41, 5.74) is 5.66. The number of carbonyl (C=O) groups is 16. The second-order valence-corrected chi connectivity index (χ2v) is 33.7. The van der Waals surface area contributed by atoms with Crippen molar-refractivity contribution >= 4 is 106 Å². The van der Waals surface area contributed by atoms with Gasteiger partial charge in [0.25, 0.3) is 35.4 Å². The van der Waals surface area contributed by atoms with E-state index >= 15 is 0 Å². The Hall–Kier alpha value is -12.4. The molecule has 0 spiro atoms. The minimum Gasteiger partial charge on any atom is -0.496 e. The Balaban J connectivity index is 0.673. The number of methoxy groups -OCH3 is 1. The van der Waals surface area contributed by atoms with Crippen LogP contribution in [-0.2, 0) is 109 Å². The van der Waals surface area contributed by atoms with Gasteiger partial charge in [0.2, 0.25) is 23.6 Å². The van der Waals surface area contributed by atoms with Gasteiger partial charge in [0.1, 0.15) is 36.3 Å². The van der Waals surface area contributed by atoms with Gasteiger partial charge in [-0.25, -0.2) is 19.4 Å². The quantitative estimate of drug-likeness (QED) is 0.0182. The number of hydrogen-bond donors (Lipinski definition) is 6. The normalized spacial score (nSPS) is 17.9. The van der Waals surface area contributed by atoms with Crippen LogP contribution in [0.2, 0.25) is 0 Å². The molecule has 0 radical (unpaired) electrons. The van der Waals surface area contributed by atoms with Crippen LogP contribution >= 0.6 is 0 Å². The van der Waals surface area contributed by atoms with E-state index in [4.69, 9.17) is 28.4 Å². The molecule has 0 fully saturated rings. The second-order valence-electron chi connectivity index (χ2n) is 33.7. The summed E-state index contributed by atoms with van der Waals surface area (Å²) in [7, 11) is 1.48. The van der Waals surface area contributed by atoms with Gasteiger partial charge in [-0.15, -0.1) is 0 Å². The number of unbranched alkanes of at least 4 members (excludes halogenated alkanes) is 3. The summed E-state index contributed by atoms with van der Waals surface area (Å²) in [6.45, 7) is 16.0. The zero-order valence-corrected chi connectivity index (χ0v) is 74.1. The molecule has 12 amide bonds. The molecule has 0 aromatic heterocycles. The number of aryl methyl sites for hydroxylation is 2. The van der Waals surface area contributed by atoms with Gasteiger partial charge in [0.05, 0.1) is 86.8 Å². The molecular weight excluding hydrogens is 1650 g/mol. The maximum absolute atomic E-state index is 14.5. The minimum absolute atomic E-state index is 0.0162. The van der Waals surface area contributed by atoms with Crippen molar-refractivity contribution < 1.29 is 115 Å². The zero-order valence-electron chi connectivity index (χ0n) is 74.1. The van der Waals surface area contributed by atoms with Gasteiger partial charge in [-0.3, -0.25) is 76.9 Å². The van der Waals surface area contributed by atoms with Crippen molar-refractivity contribution in [1.82, 2.24) is 40.9 Å². The van der Waals surface area contributed by atoms with Crippen LogP contribution in [0, 0.1) is 30.6 Å². The molecule has 0 bridgehead atoms. The van der Waals surface area contributed by atoms with Gasteiger partial charge in [-0.1, -0.05) is 100 Å². The number of ketones is 4. The van der Waals surface area contributed by atoms with Crippen molar-refractivity contribution in [3.8, 4) is 11.5 Å². The molecule has 6 N–H and O–H groups in total. The van der Waals surface area contributed by atoms with Gasteiger partial charge >= 0.3 is 12.2 Å². The molecule has 6 aliphatic heterocycles. The Morgan fingerprint density at radius 1 is 0.477 bits per heavy atom. The standard InChI is InChI=1S/C94H116N10O24/c1-55(2)69(47-67(105)30-37-124-39-32-95-81(109)28-34-99-83(111)24-25-84(99)112)87(115)97-60(8)77(107)44-62-16-20-64(21-17-62)53-127-93(121)103-73-46-66(80(123-10)49-72(73)90(118)102-52-58(6)41-75(102)91(103)119)15-13-11-12-14-36-126-79-50-74-71(43-59(79)7)89(117)101-51-57(5)42-76(101)92(120)104(74)94(122)128-54-65-22-18-63(19-23-65)45-78(108)61(9)98-88(116)70(56(3)4)48-68(106)31-38-125-40-33-96-82(110)29-35-100-85(113)26-27-86(100)114/h16-27,43,46,49-52,55-56,60-61,69-70,75-76,91-92,119-120H,11-15,28-42,44-45,47-48,53-54H2,1-10H3,(H,95,109)(H,96,110)(H,97,115)(H,98,116)/t60-,61-,69-,70-,75-,76-,91-,92-/m0/s1. The van der Waals surface area contributed by atoms with Crippen molar-refractivity contribution in [2.45, 2.75) is 208 Å². The van der Waals surface area contributed by atoms with E-state index in [2.05, 4.69) is 21.3 Å². The summed E-state index contributed by atoms with van der Waals surface area (Å²) < 4.78 is 35.1. The lowest BCUT2D eigenvalue weighted by Gasteiger charge is -2.31. The predicted molar refractivity (Wildman–Crippen MR) is 465 cm³/mol. The number of benzene rings is 4. The van der Waals surface area contributed by atoms with Crippen LogP contribution in [0.5, 0.6) is 11.5 Å². The summed E-state index contributed by atoms with van der Waals surface area (Å²) >= 11 is 0. The fourth-order valence-corrected chi connectivity index (χ4v) is 15.8. The molecule has 8 atom stereocenters. The van der Waals surface area contributed by atoms with E-state index in [0.717, 1.165) is 55.0 Å². The highest BCUT2D eigenvalue weighted by molar-refractivity contribution is 6.14. The number of imide groups is 2. The number of ether oxygens (including phenoxy) is 6. The van der Waals surface area contributed by atoms with Crippen molar-refractivity contribution in [2.24, 2.45) is 23.7 Å². The van der Waals surface area contributed by atoms with Gasteiger partial charge in [-0.05, 0) is 130 Å². The van der Waals surface area contributed by atoms with E-state index in [9.17, 15) is 86.9 Å². The summed E-state index contributed by atoms with van der Waals surface area (Å²) in [6, 6.07) is 16.5. The van der Waals surface area contributed by atoms with Crippen LogP contribution < -0.4 is 40.5 Å². The monoisotopic (exact) mass is 1770 g/mol. The molecule has 6 heterocycles. The number of nitrogens with zero attached hydrogens (tertiary/aromatic N) is 6. The summed E-state index contributed by atoms with van der Waals surface area (Å²) in [5, 5.41) is 35.1. The summed E-state index contributed by atoms with van der Waals surface area (Å²) in [6.07, 6.45) is 6.15. The number of fused-ring (bicyclic) bond motifs is 4. The number of aliphatic hydroxyl groups is 2. The fraction of sp³-hybridized carbons (Fsp3) is 0.489. The maximum atomic E-state index is 14.5. The molecule has 34 nitrogen and oxygen atoms in total. The lowest BCUT2D eigenvalue weighted by molar-refractivity contribution is -0.139. The molecule has 128 heavy (non-hydrogen) atoms. The van der Waals surface area contributed by atoms with Crippen LogP contribution in [-0.4, -0.2) is 227 Å². The Bertz CT molecular complexity index is 4940.